The van der Waals surface area contributed by atoms with Crippen molar-refractivity contribution in [3.8, 4) is 0 Å². The Kier molecular flexibility index (Phi) is 13.1. The Morgan fingerprint density at radius 2 is 1.61 bits per heavy atom. The first kappa shape index (κ1) is 33.5. The van der Waals surface area contributed by atoms with E-state index in [4.69, 9.17) is 20.2 Å². The third kappa shape index (κ3) is 9.54. The Labute approximate surface area is 260 Å². The summed E-state index contributed by atoms with van der Waals surface area (Å²) >= 11 is 0. The van der Waals surface area contributed by atoms with Crippen molar-refractivity contribution in [2.45, 2.75) is 71.8 Å². The van der Waals surface area contributed by atoms with E-state index in [1.54, 1.807) is 0 Å². The van der Waals surface area contributed by atoms with Crippen molar-refractivity contribution in [1.29, 1.82) is 0 Å². The van der Waals surface area contributed by atoms with Gasteiger partial charge in [0.05, 0.1) is 30.9 Å². The molecule has 11 nitrogen and oxygen atoms in total. The molecule has 0 bridgehead atoms. The van der Waals surface area contributed by atoms with Gasteiger partial charge in [0, 0.05) is 83.4 Å². The minimum Gasteiger partial charge on any atom is -0.382 e. The first-order valence-corrected chi connectivity index (χ1v) is 16.1. The highest BCUT2D eigenvalue weighted by molar-refractivity contribution is 6.06. The Balaban J connectivity index is 1.18. The molecule has 0 spiro atoms. The lowest BCUT2D eigenvalue weighted by molar-refractivity contribution is -0.134. The van der Waals surface area contributed by atoms with Gasteiger partial charge < -0.3 is 24.7 Å². The molecule has 240 valence electrons. The number of piperazine rings is 1. The van der Waals surface area contributed by atoms with Crippen molar-refractivity contribution in [3.05, 3.63) is 30.1 Å². The summed E-state index contributed by atoms with van der Waals surface area (Å²) in [5, 5.41) is 1.07. The van der Waals surface area contributed by atoms with Crippen LogP contribution >= 0.6 is 0 Å². The topological polar surface area (TPSA) is 133 Å². The van der Waals surface area contributed by atoms with Gasteiger partial charge in [0.2, 0.25) is 5.91 Å². The lowest BCUT2D eigenvalue weighted by Crippen LogP contribution is -2.49. The van der Waals surface area contributed by atoms with Gasteiger partial charge >= 0.3 is 0 Å². The summed E-state index contributed by atoms with van der Waals surface area (Å²) in [5.74, 6) is 1.77. The SMILES string of the molecule is CCCCc1nc2c(N)nc3ccccc3c2n1CCN1CCN(C(=O)CCC(=O)CCCOCCOCCC(C)=O)CC1. The van der Waals surface area contributed by atoms with Crippen LogP contribution in [0.25, 0.3) is 21.9 Å². The van der Waals surface area contributed by atoms with Crippen LogP contribution in [0.1, 0.15) is 64.6 Å². The maximum atomic E-state index is 12.8. The maximum Gasteiger partial charge on any atom is 0.223 e. The average molecular weight is 609 g/mol. The number of fused-ring (bicyclic) bond motifs is 3. The molecule has 0 atom stereocenters. The first-order chi connectivity index (χ1) is 21.4. The van der Waals surface area contributed by atoms with E-state index in [2.05, 4.69) is 27.4 Å². The molecule has 0 radical (unpaired) electrons. The second kappa shape index (κ2) is 17.2. The zero-order valence-corrected chi connectivity index (χ0v) is 26.4. The van der Waals surface area contributed by atoms with E-state index in [1.807, 2.05) is 23.1 Å². The number of carbonyl (C=O) groups excluding carboxylic acids is 3. The summed E-state index contributed by atoms with van der Waals surface area (Å²) < 4.78 is 13.1. The van der Waals surface area contributed by atoms with Gasteiger partial charge in [-0.15, -0.1) is 0 Å². The van der Waals surface area contributed by atoms with Crippen LogP contribution in [0.4, 0.5) is 5.82 Å². The number of hydrogen-bond acceptors (Lipinski definition) is 9. The molecule has 44 heavy (non-hydrogen) atoms. The van der Waals surface area contributed by atoms with E-state index < -0.39 is 0 Å². The van der Waals surface area contributed by atoms with Gasteiger partial charge in [-0.3, -0.25) is 19.3 Å². The second-order valence-corrected chi connectivity index (χ2v) is 11.5. The minimum atomic E-state index is 0.0499. The van der Waals surface area contributed by atoms with Gasteiger partial charge in [0.15, 0.2) is 5.82 Å². The molecule has 0 saturated carbocycles. The van der Waals surface area contributed by atoms with Crippen LogP contribution in [0, 0.1) is 0 Å². The highest BCUT2D eigenvalue weighted by atomic mass is 16.5. The van der Waals surface area contributed by atoms with Crippen molar-refractivity contribution in [1.82, 2.24) is 24.3 Å². The van der Waals surface area contributed by atoms with Crippen LogP contribution in [0.3, 0.4) is 0 Å². The van der Waals surface area contributed by atoms with E-state index in [0.717, 1.165) is 73.2 Å². The fraction of sp³-hybridized carbons (Fsp3) is 0.606. The number of unbranched alkanes of at least 4 members (excludes halogenated alkanes) is 1. The largest absolute Gasteiger partial charge is 0.382 e. The number of nitrogens with two attached hydrogens (primary N) is 1. The first-order valence-electron chi connectivity index (χ1n) is 16.1. The molecule has 1 amide bonds. The van der Waals surface area contributed by atoms with Crippen LogP contribution in [0.2, 0.25) is 0 Å². The van der Waals surface area contributed by atoms with Gasteiger partial charge in [-0.1, -0.05) is 31.5 Å². The number of rotatable bonds is 19. The number of carbonyl (C=O) groups is 3. The Morgan fingerprint density at radius 1 is 0.864 bits per heavy atom. The van der Waals surface area contributed by atoms with Crippen molar-refractivity contribution >= 4 is 45.2 Å². The molecular weight excluding hydrogens is 560 g/mol. The maximum absolute atomic E-state index is 12.8. The monoisotopic (exact) mass is 608 g/mol. The molecule has 1 fully saturated rings. The highest BCUT2D eigenvalue weighted by Crippen LogP contribution is 2.29. The fourth-order valence-electron chi connectivity index (χ4n) is 5.57. The number of Topliss-reactive ketones (excluding diaryl/α,β-unsaturated/α-hetero) is 2. The molecule has 1 saturated heterocycles. The molecule has 1 aliphatic heterocycles. The third-order valence-electron chi connectivity index (χ3n) is 8.14. The lowest BCUT2D eigenvalue weighted by atomic mass is 10.1. The Morgan fingerprint density at radius 3 is 2.36 bits per heavy atom. The number of amides is 1. The van der Waals surface area contributed by atoms with Crippen molar-refractivity contribution in [2.75, 3.05) is 64.9 Å². The molecular formula is C33H48N6O5. The number of nitrogen functional groups attached to an aromatic ring is 1. The molecule has 0 aliphatic carbocycles. The standard InChI is InChI=1S/C33H48N6O5/c1-3-4-11-29-36-31-32(27-9-5-6-10-28(27)35-33(31)34)39(29)20-17-37-15-18-38(19-16-37)30(42)13-12-26(41)8-7-21-43-23-24-44-22-14-25(2)40/h5-6,9-10H,3-4,7-8,11-24H2,1-2H3,(H2,34,35). The van der Waals surface area contributed by atoms with Gasteiger partial charge in [0.1, 0.15) is 22.9 Å². The van der Waals surface area contributed by atoms with Crippen molar-refractivity contribution < 1.29 is 23.9 Å². The molecule has 11 heteroatoms. The summed E-state index contributed by atoms with van der Waals surface area (Å²) in [6, 6.07) is 8.09. The number of ketones is 2. The quantitative estimate of drug-likeness (QED) is 0.202. The Hall–Kier alpha value is -3.41. The van der Waals surface area contributed by atoms with E-state index >= 15 is 0 Å². The number of ether oxygens (including phenoxy) is 2. The number of aromatic nitrogens is 3. The van der Waals surface area contributed by atoms with Crippen LogP contribution in [0.15, 0.2) is 24.3 Å². The van der Waals surface area contributed by atoms with E-state index in [1.165, 1.54) is 6.92 Å². The number of nitrogens with zero attached hydrogens (tertiary/aromatic N) is 5. The summed E-state index contributed by atoms with van der Waals surface area (Å²) in [6.45, 7) is 10.1. The van der Waals surface area contributed by atoms with Crippen molar-refractivity contribution in [3.63, 3.8) is 0 Å². The van der Waals surface area contributed by atoms with Gasteiger partial charge in [-0.05, 0) is 25.8 Å². The molecule has 1 aliphatic rings. The van der Waals surface area contributed by atoms with Gasteiger partial charge in [-0.25, -0.2) is 9.97 Å². The molecule has 3 aromatic rings. The van der Waals surface area contributed by atoms with Crippen LogP contribution < -0.4 is 5.73 Å². The highest BCUT2D eigenvalue weighted by Gasteiger charge is 2.23. The predicted molar refractivity (Wildman–Crippen MR) is 171 cm³/mol. The molecule has 2 aromatic heterocycles. The van der Waals surface area contributed by atoms with Gasteiger partial charge in [0.25, 0.3) is 0 Å². The molecule has 3 heterocycles. The second-order valence-electron chi connectivity index (χ2n) is 11.5. The average Bonchev–Trinajstić information content (AvgIpc) is 3.40. The number of hydrogen-bond donors (Lipinski definition) is 1. The fourth-order valence-corrected chi connectivity index (χ4v) is 5.57. The van der Waals surface area contributed by atoms with Crippen molar-refractivity contribution in [2.24, 2.45) is 0 Å². The minimum absolute atomic E-state index is 0.0499. The molecule has 4 rings (SSSR count). The zero-order chi connectivity index (χ0) is 31.3. The lowest BCUT2D eigenvalue weighted by Gasteiger charge is -2.35. The van der Waals surface area contributed by atoms with E-state index in [0.29, 0.717) is 64.6 Å². The number of aryl methyl sites for hydroxylation is 1. The number of para-hydroxylation sites is 1. The van der Waals surface area contributed by atoms with Crippen LogP contribution in [-0.4, -0.2) is 101 Å². The number of benzene rings is 1. The Bertz CT molecular complexity index is 1400. The summed E-state index contributed by atoms with van der Waals surface area (Å²) in [6.07, 6.45) is 5.03. The van der Waals surface area contributed by atoms with E-state index in [9.17, 15) is 14.4 Å². The summed E-state index contributed by atoms with van der Waals surface area (Å²) in [4.78, 5) is 49.8. The number of imidazole rings is 1. The number of pyridine rings is 1. The van der Waals surface area contributed by atoms with Crippen LogP contribution in [-0.2, 0) is 36.8 Å². The zero-order valence-electron chi connectivity index (χ0n) is 26.4. The summed E-state index contributed by atoms with van der Waals surface area (Å²) in [7, 11) is 0. The smallest absolute Gasteiger partial charge is 0.223 e. The normalized spacial score (nSPS) is 14.1. The number of anilines is 1. The van der Waals surface area contributed by atoms with Gasteiger partial charge in [-0.2, -0.15) is 0 Å². The third-order valence-corrected chi connectivity index (χ3v) is 8.14. The predicted octanol–water partition coefficient (Wildman–Crippen LogP) is 3.80. The van der Waals surface area contributed by atoms with E-state index in [-0.39, 0.29) is 30.3 Å². The molecule has 1 aromatic carbocycles. The van der Waals surface area contributed by atoms with Crippen LogP contribution in [0.5, 0.6) is 0 Å². The summed E-state index contributed by atoms with van der Waals surface area (Å²) in [5.41, 5.74) is 9.06. The molecule has 2 N–H and O–H groups in total. The molecule has 0 unspecified atom stereocenters.